The molecule has 5 heteroatoms. The SMILES string of the molecule is O=c1[nH]c2c(c3ccccc13)Cc1cc([NH+]=C(O)CCl)ccc1-2. The highest BCUT2D eigenvalue weighted by atomic mass is 35.5. The minimum absolute atomic E-state index is 0.0148. The van der Waals surface area contributed by atoms with Crippen molar-refractivity contribution in [2.45, 2.75) is 6.42 Å². The van der Waals surface area contributed by atoms with Crippen LogP contribution < -0.4 is 10.6 Å². The minimum Gasteiger partial charge on any atom is -0.462 e. The standard InChI is InChI=1S/C18H13ClN2O2/c19-9-16(22)20-11-5-6-12-10(7-11)8-15-13-3-1-2-4-14(13)18(23)21-17(12)15/h1-7H,8-9H2,(H,20,22)(H,21,23)/p+1. The molecule has 0 fully saturated rings. The van der Waals surface area contributed by atoms with Gasteiger partial charge < -0.3 is 10.1 Å². The van der Waals surface area contributed by atoms with E-state index in [0.29, 0.717) is 5.39 Å². The number of fused-ring (bicyclic) bond motifs is 5. The third-order valence-electron chi connectivity index (χ3n) is 4.19. The molecule has 0 atom stereocenters. The summed E-state index contributed by atoms with van der Waals surface area (Å²) < 4.78 is 0. The van der Waals surface area contributed by atoms with Crippen molar-refractivity contribution in [3.05, 3.63) is 63.9 Å². The van der Waals surface area contributed by atoms with Crippen LogP contribution >= 0.6 is 11.6 Å². The second kappa shape index (κ2) is 5.25. The Balaban J connectivity index is 1.91. The molecule has 1 aliphatic rings. The number of hydrogen-bond acceptors (Lipinski definition) is 1. The molecule has 0 aliphatic heterocycles. The molecule has 1 heterocycles. The highest BCUT2D eigenvalue weighted by Gasteiger charge is 2.23. The van der Waals surface area contributed by atoms with Crippen molar-refractivity contribution in [1.82, 2.24) is 4.98 Å². The number of nitrogens with one attached hydrogen (secondary N) is 2. The van der Waals surface area contributed by atoms with Crippen molar-refractivity contribution < 1.29 is 10.1 Å². The molecule has 3 N–H and O–H groups in total. The smallest absolute Gasteiger partial charge is 0.353 e. The summed E-state index contributed by atoms with van der Waals surface area (Å²) in [5.41, 5.74) is 4.88. The first-order valence-electron chi connectivity index (χ1n) is 7.32. The summed E-state index contributed by atoms with van der Waals surface area (Å²) in [7, 11) is 0. The van der Waals surface area contributed by atoms with Crippen molar-refractivity contribution in [1.29, 1.82) is 0 Å². The summed E-state index contributed by atoms with van der Waals surface area (Å²) in [5.74, 6) is 0.0518. The van der Waals surface area contributed by atoms with Crippen LogP contribution in [0.15, 0.2) is 47.3 Å². The quantitative estimate of drug-likeness (QED) is 0.300. The molecule has 4 nitrogen and oxygen atoms in total. The van der Waals surface area contributed by atoms with Crippen molar-refractivity contribution in [2.24, 2.45) is 0 Å². The van der Waals surface area contributed by atoms with E-state index in [1.165, 1.54) is 0 Å². The number of aromatic amines is 1. The summed E-state index contributed by atoms with van der Waals surface area (Å²) in [6, 6.07) is 13.5. The first kappa shape index (κ1) is 14.0. The van der Waals surface area contributed by atoms with E-state index in [1.54, 1.807) is 0 Å². The third kappa shape index (κ3) is 2.23. The summed E-state index contributed by atoms with van der Waals surface area (Å²) in [5, 5.41) is 11.2. The molecule has 0 spiro atoms. The lowest BCUT2D eigenvalue weighted by molar-refractivity contribution is -0.365. The molecule has 0 unspecified atom stereocenters. The number of aromatic nitrogens is 1. The van der Waals surface area contributed by atoms with Gasteiger partial charge in [-0.05, 0) is 28.6 Å². The van der Waals surface area contributed by atoms with Crippen LogP contribution in [-0.4, -0.2) is 21.9 Å². The zero-order valence-corrected chi connectivity index (χ0v) is 12.9. The molecule has 0 bridgehead atoms. The van der Waals surface area contributed by atoms with Gasteiger partial charge in [0.2, 0.25) is 5.69 Å². The summed E-state index contributed by atoms with van der Waals surface area (Å²) in [6.45, 7) is 0. The number of pyridine rings is 1. The Labute approximate surface area is 137 Å². The monoisotopic (exact) mass is 325 g/mol. The van der Waals surface area contributed by atoms with Crippen LogP contribution in [0, 0.1) is 0 Å². The Bertz CT molecular complexity index is 1020. The molecule has 0 amide bonds. The van der Waals surface area contributed by atoms with Crippen LogP contribution in [0.5, 0.6) is 0 Å². The maximum absolute atomic E-state index is 12.3. The Morgan fingerprint density at radius 1 is 1.22 bits per heavy atom. The molecule has 1 aliphatic carbocycles. The van der Waals surface area contributed by atoms with Crippen molar-refractivity contribution in [3.8, 4) is 11.3 Å². The van der Waals surface area contributed by atoms with Gasteiger partial charge in [0.25, 0.3) is 5.56 Å². The van der Waals surface area contributed by atoms with E-state index < -0.39 is 0 Å². The number of benzene rings is 2. The predicted molar refractivity (Wildman–Crippen MR) is 91.8 cm³/mol. The van der Waals surface area contributed by atoms with E-state index in [0.717, 1.165) is 39.9 Å². The van der Waals surface area contributed by atoms with E-state index in [9.17, 15) is 9.90 Å². The van der Waals surface area contributed by atoms with Crippen LogP contribution in [0.1, 0.15) is 11.1 Å². The Kier molecular flexibility index (Phi) is 3.20. The molecule has 114 valence electrons. The predicted octanol–water partition coefficient (Wildman–Crippen LogP) is 2.01. The second-order valence-corrected chi connectivity index (χ2v) is 5.87. The molecular weight excluding hydrogens is 312 g/mol. The number of halogens is 1. The average molecular weight is 326 g/mol. The number of hydrogen-bond donors (Lipinski definition) is 3. The lowest BCUT2D eigenvalue weighted by atomic mass is 10.0. The molecular formula is C18H14ClN2O2+. The van der Waals surface area contributed by atoms with Gasteiger partial charge in [-0.3, -0.25) is 4.79 Å². The van der Waals surface area contributed by atoms with Crippen molar-refractivity contribution >= 4 is 34.0 Å². The topological polar surface area (TPSA) is 67.1 Å². The summed E-state index contributed by atoms with van der Waals surface area (Å²) in [4.78, 5) is 18.2. The van der Waals surface area contributed by atoms with Crippen LogP contribution in [0.25, 0.3) is 22.0 Å². The number of aliphatic hydroxyl groups excluding tert-OH is 1. The second-order valence-electron chi connectivity index (χ2n) is 5.61. The largest absolute Gasteiger partial charge is 0.462 e. The van der Waals surface area contributed by atoms with Crippen molar-refractivity contribution in [2.75, 3.05) is 5.88 Å². The van der Waals surface area contributed by atoms with Gasteiger partial charge in [0, 0.05) is 29.5 Å². The molecule has 0 saturated heterocycles. The first-order valence-corrected chi connectivity index (χ1v) is 7.86. The highest BCUT2D eigenvalue weighted by Crippen LogP contribution is 2.38. The van der Waals surface area contributed by atoms with Gasteiger partial charge in [-0.25, -0.2) is 0 Å². The maximum Gasteiger partial charge on any atom is 0.353 e. The Hall–Kier alpha value is -2.59. The molecule has 0 saturated carbocycles. The highest BCUT2D eigenvalue weighted by molar-refractivity contribution is 6.26. The molecule has 3 aromatic rings. The van der Waals surface area contributed by atoms with Gasteiger partial charge in [-0.2, -0.15) is 4.99 Å². The fraction of sp³-hybridized carbons (Fsp3) is 0.111. The average Bonchev–Trinajstić information content (AvgIpc) is 2.93. The van der Waals surface area contributed by atoms with Crippen molar-refractivity contribution in [3.63, 3.8) is 0 Å². The summed E-state index contributed by atoms with van der Waals surface area (Å²) in [6.07, 6.45) is 0.749. The lowest BCUT2D eigenvalue weighted by Crippen LogP contribution is -2.67. The molecule has 1 aromatic heterocycles. The van der Waals surface area contributed by atoms with E-state index in [4.69, 9.17) is 11.6 Å². The molecule has 23 heavy (non-hydrogen) atoms. The minimum atomic E-state index is -0.0671. The Morgan fingerprint density at radius 3 is 2.78 bits per heavy atom. The van der Waals surface area contributed by atoms with Crippen LogP contribution in [0.4, 0.5) is 5.69 Å². The van der Waals surface area contributed by atoms with Gasteiger partial charge in [0.05, 0.1) is 5.69 Å². The number of alkyl halides is 1. The van der Waals surface area contributed by atoms with Gasteiger partial charge in [-0.1, -0.05) is 18.2 Å². The van der Waals surface area contributed by atoms with Gasteiger partial charge in [0.1, 0.15) is 5.88 Å². The molecule has 4 rings (SSSR count). The van der Waals surface area contributed by atoms with E-state index in [2.05, 4.69) is 9.98 Å². The normalized spacial score (nSPS) is 13.2. The van der Waals surface area contributed by atoms with Gasteiger partial charge in [-0.15, -0.1) is 11.6 Å². The van der Waals surface area contributed by atoms with Crippen LogP contribution in [0.3, 0.4) is 0 Å². The number of rotatable bonds is 2. The van der Waals surface area contributed by atoms with E-state index >= 15 is 0 Å². The lowest BCUT2D eigenvalue weighted by Gasteiger charge is -2.04. The summed E-state index contributed by atoms with van der Waals surface area (Å²) >= 11 is 5.59. The van der Waals surface area contributed by atoms with Gasteiger partial charge >= 0.3 is 5.90 Å². The van der Waals surface area contributed by atoms with Crippen LogP contribution in [-0.2, 0) is 6.42 Å². The number of H-pyrrole nitrogens is 1. The first-order chi connectivity index (χ1) is 11.2. The van der Waals surface area contributed by atoms with E-state index in [-0.39, 0.29) is 17.3 Å². The van der Waals surface area contributed by atoms with Gasteiger partial charge in [0.15, 0.2) is 0 Å². The van der Waals surface area contributed by atoms with E-state index in [1.807, 2.05) is 42.5 Å². The zero-order chi connectivity index (χ0) is 16.0. The fourth-order valence-corrected chi connectivity index (χ4v) is 3.27. The third-order valence-corrected chi connectivity index (χ3v) is 4.45. The number of aliphatic hydroxyl groups is 1. The zero-order valence-electron chi connectivity index (χ0n) is 12.2. The molecule has 2 aromatic carbocycles. The molecule has 0 radical (unpaired) electrons. The Morgan fingerprint density at radius 2 is 2.00 bits per heavy atom. The maximum atomic E-state index is 12.3. The van der Waals surface area contributed by atoms with Crippen LogP contribution in [0.2, 0.25) is 0 Å². The fourth-order valence-electron chi connectivity index (χ4n) is 3.20.